The summed E-state index contributed by atoms with van der Waals surface area (Å²) in [4.78, 5) is 12.1. The van der Waals surface area contributed by atoms with Crippen LogP contribution in [-0.4, -0.2) is 31.0 Å². The van der Waals surface area contributed by atoms with Crippen LogP contribution in [0.2, 0.25) is 5.02 Å². The zero-order valence-corrected chi connectivity index (χ0v) is 13.7. The van der Waals surface area contributed by atoms with Crippen LogP contribution in [0.3, 0.4) is 0 Å². The van der Waals surface area contributed by atoms with E-state index >= 15 is 0 Å². The fraction of sp³-hybridized carbons (Fsp3) is 0.462. The highest BCUT2D eigenvalue weighted by molar-refractivity contribution is 7.85. The predicted octanol–water partition coefficient (Wildman–Crippen LogP) is 3.03. The van der Waals surface area contributed by atoms with Crippen LogP contribution >= 0.6 is 11.6 Å². The quantitative estimate of drug-likeness (QED) is 0.777. The first-order valence-electron chi connectivity index (χ1n) is 6.38. The number of rotatable bonds is 1. The molecule has 1 aromatic rings. The Bertz CT molecular complexity index is 701. The number of hydrogen-bond donors (Lipinski definition) is 0. The number of benzene rings is 1. The second kappa shape index (κ2) is 5.68. The molecule has 1 saturated heterocycles. The SMILES string of the molecule is CC(C)(C)OC(=O)N1[C@@H](c2ccc(F)c(Cl)c2)COS1(=O)=O. The van der Waals surface area contributed by atoms with Crippen LogP contribution in [0.4, 0.5) is 9.18 Å². The van der Waals surface area contributed by atoms with Gasteiger partial charge in [-0.05, 0) is 38.5 Å². The molecule has 1 heterocycles. The highest BCUT2D eigenvalue weighted by atomic mass is 35.5. The van der Waals surface area contributed by atoms with Gasteiger partial charge in [0.05, 0.1) is 11.6 Å². The molecule has 22 heavy (non-hydrogen) atoms. The van der Waals surface area contributed by atoms with Crippen molar-refractivity contribution in [2.24, 2.45) is 0 Å². The lowest BCUT2D eigenvalue weighted by molar-refractivity contribution is 0.0356. The molecule has 6 nitrogen and oxygen atoms in total. The Balaban J connectivity index is 2.38. The monoisotopic (exact) mass is 351 g/mol. The highest BCUT2D eigenvalue weighted by Gasteiger charge is 2.45. The van der Waals surface area contributed by atoms with Crippen molar-refractivity contribution in [3.63, 3.8) is 0 Å². The minimum absolute atomic E-state index is 0.175. The Morgan fingerprint density at radius 2 is 2.09 bits per heavy atom. The van der Waals surface area contributed by atoms with Crippen molar-refractivity contribution in [2.45, 2.75) is 32.4 Å². The Hall–Kier alpha value is -1.38. The summed E-state index contributed by atoms with van der Waals surface area (Å²) in [6.07, 6.45) is -1.06. The number of nitrogens with zero attached hydrogens (tertiary/aromatic N) is 1. The topological polar surface area (TPSA) is 72.9 Å². The molecule has 0 N–H and O–H groups in total. The van der Waals surface area contributed by atoms with E-state index < -0.39 is 33.9 Å². The summed E-state index contributed by atoms with van der Waals surface area (Å²) in [5.74, 6) is -0.643. The minimum Gasteiger partial charge on any atom is -0.443 e. The molecule has 1 fully saturated rings. The van der Waals surface area contributed by atoms with Crippen molar-refractivity contribution in [3.8, 4) is 0 Å². The lowest BCUT2D eigenvalue weighted by atomic mass is 10.1. The van der Waals surface area contributed by atoms with Gasteiger partial charge in [-0.15, -0.1) is 0 Å². The van der Waals surface area contributed by atoms with E-state index in [1.807, 2.05) is 0 Å². The van der Waals surface area contributed by atoms with E-state index in [2.05, 4.69) is 4.18 Å². The normalized spacial score (nSPS) is 21.0. The van der Waals surface area contributed by atoms with Crippen molar-refractivity contribution >= 4 is 28.0 Å². The summed E-state index contributed by atoms with van der Waals surface area (Å²) in [5.41, 5.74) is -0.543. The molecule has 122 valence electrons. The van der Waals surface area contributed by atoms with Crippen molar-refractivity contribution in [3.05, 3.63) is 34.6 Å². The second-order valence-corrected chi connectivity index (χ2v) is 7.60. The molecule has 2 rings (SSSR count). The molecule has 0 spiro atoms. The van der Waals surface area contributed by atoms with Gasteiger partial charge in [-0.2, -0.15) is 12.7 Å². The van der Waals surface area contributed by atoms with Crippen molar-refractivity contribution in [1.82, 2.24) is 4.31 Å². The van der Waals surface area contributed by atoms with Gasteiger partial charge in [0.1, 0.15) is 17.5 Å². The fourth-order valence-corrected chi connectivity index (χ4v) is 3.22. The number of amides is 1. The maximum absolute atomic E-state index is 13.2. The Kier molecular flexibility index (Phi) is 4.38. The van der Waals surface area contributed by atoms with Crippen molar-refractivity contribution < 1.29 is 26.5 Å². The highest BCUT2D eigenvalue weighted by Crippen LogP contribution is 2.34. The van der Waals surface area contributed by atoms with E-state index in [1.165, 1.54) is 12.1 Å². The van der Waals surface area contributed by atoms with Crippen LogP contribution in [0.1, 0.15) is 32.4 Å². The molecule has 0 radical (unpaired) electrons. The van der Waals surface area contributed by atoms with E-state index in [0.29, 0.717) is 9.87 Å². The first-order chi connectivity index (χ1) is 10.0. The molecular weight excluding hydrogens is 337 g/mol. The third-order valence-corrected chi connectivity index (χ3v) is 4.41. The van der Waals surface area contributed by atoms with Gasteiger partial charge in [0.25, 0.3) is 0 Å². The first kappa shape index (κ1) is 17.0. The molecule has 1 amide bonds. The summed E-state index contributed by atoms with van der Waals surface area (Å²) >= 11 is 5.70. The zero-order valence-electron chi connectivity index (χ0n) is 12.2. The smallest absolute Gasteiger partial charge is 0.426 e. The molecule has 9 heteroatoms. The van der Waals surface area contributed by atoms with Gasteiger partial charge in [-0.25, -0.2) is 9.18 Å². The van der Waals surface area contributed by atoms with Gasteiger partial charge < -0.3 is 4.74 Å². The summed E-state index contributed by atoms with van der Waals surface area (Å²) in [6, 6.07) is 2.73. The van der Waals surface area contributed by atoms with E-state index in [-0.39, 0.29) is 11.6 Å². The van der Waals surface area contributed by atoms with Crippen molar-refractivity contribution in [1.29, 1.82) is 0 Å². The lowest BCUT2D eigenvalue weighted by Crippen LogP contribution is -2.39. The van der Waals surface area contributed by atoms with Crippen LogP contribution in [-0.2, 0) is 19.2 Å². The summed E-state index contributed by atoms with van der Waals surface area (Å²) in [7, 11) is -4.26. The molecular formula is C13H15ClFNO5S. The van der Waals surface area contributed by atoms with Gasteiger partial charge >= 0.3 is 16.4 Å². The molecule has 0 aromatic heterocycles. The minimum atomic E-state index is -4.26. The molecule has 0 unspecified atom stereocenters. The van der Waals surface area contributed by atoms with Crippen LogP contribution in [0, 0.1) is 5.82 Å². The van der Waals surface area contributed by atoms with Gasteiger partial charge in [0.15, 0.2) is 0 Å². The number of hydrogen-bond acceptors (Lipinski definition) is 5. The molecule has 0 saturated carbocycles. The molecule has 1 aromatic carbocycles. The molecule has 0 aliphatic carbocycles. The number of carbonyl (C=O) groups is 1. The second-order valence-electron chi connectivity index (χ2n) is 5.71. The third-order valence-electron chi connectivity index (χ3n) is 2.80. The largest absolute Gasteiger partial charge is 0.443 e. The Morgan fingerprint density at radius 1 is 1.45 bits per heavy atom. The van der Waals surface area contributed by atoms with E-state index in [4.69, 9.17) is 16.3 Å². The first-order valence-corrected chi connectivity index (χ1v) is 8.12. The fourth-order valence-electron chi connectivity index (χ4n) is 1.91. The molecule has 1 aliphatic heterocycles. The standard InChI is InChI=1S/C13H15ClFNO5S/c1-13(2,3)21-12(17)16-11(7-20-22(16,18)19)8-4-5-10(15)9(14)6-8/h4-6,11H,7H2,1-3H3/t11-/m1/s1. The third kappa shape index (κ3) is 3.50. The average molecular weight is 352 g/mol. The van der Waals surface area contributed by atoms with Crippen LogP contribution in [0.25, 0.3) is 0 Å². The van der Waals surface area contributed by atoms with Crippen LogP contribution in [0.15, 0.2) is 18.2 Å². The molecule has 1 atom stereocenters. The molecule has 0 bridgehead atoms. The van der Waals surface area contributed by atoms with Crippen LogP contribution in [0.5, 0.6) is 0 Å². The average Bonchev–Trinajstić information content (AvgIpc) is 2.66. The summed E-state index contributed by atoms with van der Waals surface area (Å²) in [5, 5.41) is -0.175. The van der Waals surface area contributed by atoms with E-state index in [9.17, 15) is 17.6 Å². The zero-order chi connectivity index (χ0) is 16.7. The van der Waals surface area contributed by atoms with Crippen LogP contribution < -0.4 is 0 Å². The maximum Gasteiger partial charge on any atom is 0.426 e. The van der Waals surface area contributed by atoms with Gasteiger partial charge in [-0.1, -0.05) is 17.7 Å². The van der Waals surface area contributed by atoms with Gasteiger partial charge in [-0.3, -0.25) is 4.18 Å². The van der Waals surface area contributed by atoms with Crippen molar-refractivity contribution in [2.75, 3.05) is 6.61 Å². The predicted molar refractivity (Wildman–Crippen MR) is 77.1 cm³/mol. The van der Waals surface area contributed by atoms with Gasteiger partial charge in [0.2, 0.25) is 0 Å². The van der Waals surface area contributed by atoms with E-state index in [1.54, 1.807) is 20.8 Å². The Morgan fingerprint density at radius 3 is 2.64 bits per heavy atom. The van der Waals surface area contributed by atoms with Gasteiger partial charge in [0, 0.05) is 0 Å². The number of ether oxygens (including phenoxy) is 1. The Labute approximate surface area is 133 Å². The maximum atomic E-state index is 13.2. The summed E-state index contributed by atoms with van der Waals surface area (Å²) in [6.45, 7) is 4.54. The lowest BCUT2D eigenvalue weighted by Gasteiger charge is -2.26. The van der Waals surface area contributed by atoms with E-state index in [0.717, 1.165) is 6.07 Å². The summed E-state index contributed by atoms with van der Waals surface area (Å²) < 4.78 is 47.3. The number of carbonyl (C=O) groups excluding carboxylic acids is 1. The number of halogens is 2. The molecule has 1 aliphatic rings.